The van der Waals surface area contributed by atoms with Gasteiger partial charge in [-0.25, -0.2) is 8.78 Å². The minimum atomic E-state index is -0.663. The van der Waals surface area contributed by atoms with Crippen LogP contribution >= 0.6 is 23.4 Å². The van der Waals surface area contributed by atoms with Gasteiger partial charge in [0, 0.05) is 22.4 Å². The van der Waals surface area contributed by atoms with Crippen LogP contribution in [0.3, 0.4) is 0 Å². The number of halogens is 3. The van der Waals surface area contributed by atoms with E-state index in [9.17, 15) is 8.78 Å². The molecule has 0 spiro atoms. The number of ether oxygens (including phenoxy) is 1. The second kappa shape index (κ2) is 10.8. The highest BCUT2D eigenvalue weighted by molar-refractivity contribution is 8.13. The molecule has 0 radical (unpaired) electrons. The van der Waals surface area contributed by atoms with Gasteiger partial charge in [-0.2, -0.15) is 5.10 Å². The quantitative estimate of drug-likeness (QED) is 0.285. The number of nitrogens with two attached hydrogens (primary N) is 1. The van der Waals surface area contributed by atoms with Crippen molar-refractivity contribution in [3.8, 4) is 5.75 Å². The third kappa shape index (κ3) is 6.86. The van der Waals surface area contributed by atoms with Crippen LogP contribution in [0.4, 0.5) is 8.78 Å². The normalized spacial score (nSPS) is 11.8. The lowest BCUT2D eigenvalue weighted by Crippen LogP contribution is -2.06. The van der Waals surface area contributed by atoms with E-state index in [1.165, 1.54) is 30.1 Å². The summed E-state index contributed by atoms with van der Waals surface area (Å²) in [4.78, 5) is 0. The van der Waals surface area contributed by atoms with Crippen molar-refractivity contribution in [3.63, 3.8) is 0 Å². The lowest BCUT2D eigenvalue weighted by Gasteiger charge is -2.09. The molecular weight excluding hydrogens is 428 g/mol. The SMILES string of the molecule is NC(=NN=Cc1cc(Cl)ccc1OCc1cc(F)cc(F)c1)SCc1ccccc1. The summed E-state index contributed by atoms with van der Waals surface area (Å²) in [5.74, 6) is -0.200. The fourth-order valence-electron chi connectivity index (χ4n) is 2.52. The molecule has 30 heavy (non-hydrogen) atoms. The molecule has 3 rings (SSSR count). The number of hydrogen-bond donors (Lipinski definition) is 1. The summed E-state index contributed by atoms with van der Waals surface area (Å²) in [6.45, 7) is -0.0184. The van der Waals surface area contributed by atoms with Crippen molar-refractivity contribution in [3.05, 3.63) is 100 Å². The Balaban J connectivity index is 1.65. The van der Waals surface area contributed by atoms with E-state index in [-0.39, 0.29) is 6.61 Å². The van der Waals surface area contributed by atoms with Crippen molar-refractivity contribution >= 4 is 34.7 Å². The van der Waals surface area contributed by atoms with Crippen molar-refractivity contribution in [2.45, 2.75) is 12.4 Å². The molecule has 0 heterocycles. The molecule has 0 aliphatic carbocycles. The maximum Gasteiger partial charge on any atom is 0.180 e. The zero-order valence-electron chi connectivity index (χ0n) is 15.8. The molecule has 0 saturated heterocycles. The molecule has 0 unspecified atom stereocenters. The molecule has 0 aromatic heterocycles. The molecule has 0 amide bonds. The average Bonchev–Trinajstić information content (AvgIpc) is 2.72. The van der Waals surface area contributed by atoms with Gasteiger partial charge in [-0.1, -0.05) is 53.7 Å². The molecule has 0 bridgehead atoms. The van der Waals surface area contributed by atoms with Crippen molar-refractivity contribution in [2.24, 2.45) is 15.9 Å². The van der Waals surface area contributed by atoms with E-state index < -0.39 is 11.6 Å². The van der Waals surface area contributed by atoms with Gasteiger partial charge in [0.2, 0.25) is 0 Å². The first-order valence-electron chi connectivity index (χ1n) is 8.90. The minimum Gasteiger partial charge on any atom is -0.488 e. The molecule has 3 aromatic carbocycles. The van der Waals surface area contributed by atoms with Gasteiger partial charge in [0.05, 0.1) is 6.21 Å². The fourth-order valence-corrected chi connectivity index (χ4v) is 3.31. The standard InChI is InChI=1S/C22H18ClF2N3OS/c23-18-6-7-21(29-13-16-8-19(24)11-20(25)9-16)17(10-18)12-27-28-22(26)30-14-15-4-2-1-3-5-15/h1-12H,13-14H2,(H2,26,28). The Hall–Kier alpha value is -2.90. The summed E-state index contributed by atoms with van der Waals surface area (Å²) < 4.78 is 32.4. The molecule has 0 aliphatic rings. The van der Waals surface area contributed by atoms with Crippen LogP contribution in [-0.2, 0) is 12.4 Å². The van der Waals surface area contributed by atoms with Crippen molar-refractivity contribution in [1.82, 2.24) is 0 Å². The lowest BCUT2D eigenvalue weighted by molar-refractivity contribution is 0.304. The highest BCUT2D eigenvalue weighted by Crippen LogP contribution is 2.23. The van der Waals surface area contributed by atoms with Crippen LogP contribution in [0.2, 0.25) is 5.02 Å². The summed E-state index contributed by atoms with van der Waals surface area (Å²) in [7, 11) is 0. The van der Waals surface area contributed by atoms with Gasteiger partial charge in [0.1, 0.15) is 24.0 Å². The van der Waals surface area contributed by atoms with Gasteiger partial charge in [0.15, 0.2) is 5.17 Å². The Kier molecular flexibility index (Phi) is 7.82. The molecule has 3 aromatic rings. The van der Waals surface area contributed by atoms with Crippen LogP contribution in [0.15, 0.2) is 76.9 Å². The Morgan fingerprint density at radius 1 is 1.00 bits per heavy atom. The Labute approximate surface area is 182 Å². The van der Waals surface area contributed by atoms with Crippen LogP contribution < -0.4 is 10.5 Å². The first-order chi connectivity index (χ1) is 14.5. The smallest absolute Gasteiger partial charge is 0.180 e. The number of nitrogens with zero attached hydrogens (tertiary/aromatic N) is 2. The van der Waals surface area contributed by atoms with Crippen LogP contribution in [0.5, 0.6) is 5.75 Å². The molecule has 0 saturated carbocycles. The van der Waals surface area contributed by atoms with E-state index in [4.69, 9.17) is 22.1 Å². The van der Waals surface area contributed by atoms with E-state index in [2.05, 4.69) is 10.2 Å². The first-order valence-corrected chi connectivity index (χ1v) is 10.3. The second-order valence-corrected chi connectivity index (χ2v) is 7.64. The number of hydrogen-bond acceptors (Lipinski definition) is 4. The molecule has 0 atom stereocenters. The van der Waals surface area contributed by atoms with Gasteiger partial charge in [-0.3, -0.25) is 0 Å². The Bertz CT molecular complexity index is 1040. The zero-order valence-corrected chi connectivity index (χ0v) is 17.3. The van der Waals surface area contributed by atoms with E-state index in [0.717, 1.165) is 11.6 Å². The Morgan fingerprint density at radius 3 is 2.47 bits per heavy atom. The summed E-state index contributed by atoms with van der Waals surface area (Å²) in [5, 5.41) is 8.77. The van der Waals surface area contributed by atoms with Crippen molar-refractivity contribution in [1.29, 1.82) is 0 Å². The fraction of sp³-hybridized carbons (Fsp3) is 0.0909. The largest absolute Gasteiger partial charge is 0.488 e. The topological polar surface area (TPSA) is 60.0 Å². The minimum absolute atomic E-state index is 0.0184. The summed E-state index contributed by atoms with van der Waals surface area (Å²) in [6.07, 6.45) is 1.46. The van der Waals surface area contributed by atoms with Gasteiger partial charge in [0.25, 0.3) is 0 Å². The number of rotatable bonds is 7. The number of thioether (sulfide) groups is 1. The second-order valence-electron chi connectivity index (χ2n) is 6.21. The number of benzene rings is 3. The number of amidine groups is 1. The van der Waals surface area contributed by atoms with Gasteiger partial charge in [-0.05, 0) is 41.5 Å². The zero-order chi connectivity index (χ0) is 21.3. The highest BCUT2D eigenvalue weighted by Gasteiger charge is 2.06. The molecular formula is C22H18ClF2N3OS. The van der Waals surface area contributed by atoms with E-state index in [0.29, 0.717) is 32.8 Å². The summed E-state index contributed by atoms with van der Waals surface area (Å²) in [5.41, 5.74) is 7.94. The molecule has 154 valence electrons. The van der Waals surface area contributed by atoms with E-state index in [1.54, 1.807) is 18.2 Å². The maximum absolute atomic E-state index is 13.3. The third-order valence-corrected chi connectivity index (χ3v) is 4.96. The lowest BCUT2D eigenvalue weighted by atomic mass is 10.2. The van der Waals surface area contributed by atoms with Crippen molar-refractivity contribution in [2.75, 3.05) is 0 Å². The first kappa shape index (κ1) is 21.8. The highest BCUT2D eigenvalue weighted by atomic mass is 35.5. The molecule has 0 fully saturated rings. The molecule has 4 nitrogen and oxygen atoms in total. The predicted octanol–water partition coefficient (Wildman–Crippen LogP) is 5.78. The molecule has 8 heteroatoms. The van der Waals surface area contributed by atoms with Crippen LogP contribution in [0.25, 0.3) is 0 Å². The van der Waals surface area contributed by atoms with Gasteiger partial charge < -0.3 is 10.5 Å². The van der Waals surface area contributed by atoms with Crippen LogP contribution in [0, 0.1) is 11.6 Å². The summed E-state index contributed by atoms with van der Waals surface area (Å²) in [6, 6.07) is 18.0. The Morgan fingerprint density at radius 2 is 1.73 bits per heavy atom. The molecule has 0 aliphatic heterocycles. The van der Waals surface area contributed by atoms with Crippen LogP contribution in [-0.4, -0.2) is 11.4 Å². The monoisotopic (exact) mass is 445 g/mol. The van der Waals surface area contributed by atoms with E-state index >= 15 is 0 Å². The maximum atomic E-state index is 13.3. The van der Waals surface area contributed by atoms with Crippen molar-refractivity contribution < 1.29 is 13.5 Å². The van der Waals surface area contributed by atoms with Crippen LogP contribution in [0.1, 0.15) is 16.7 Å². The van der Waals surface area contributed by atoms with Gasteiger partial charge >= 0.3 is 0 Å². The summed E-state index contributed by atoms with van der Waals surface area (Å²) >= 11 is 7.42. The van der Waals surface area contributed by atoms with Gasteiger partial charge in [-0.15, -0.1) is 5.10 Å². The van der Waals surface area contributed by atoms with E-state index in [1.807, 2.05) is 30.3 Å². The average molecular weight is 446 g/mol. The third-order valence-electron chi connectivity index (χ3n) is 3.87. The molecule has 2 N–H and O–H groups in total. The predicted molar refractivity (Wildman–Crippen MR) is 119 cm³/mol.